The number of nitrogens with zero attached hydrogens (tertiary/aromatic N) is 1. The average Bonchev–Trinajstić information content (AvgIpc) is 2.52. The molecule has 21 heavy (non-hydrogen) atoms. The van der Waals surface area contributed by atoms with Crippen molar-refractivity contribution in [3.8, 4) is 0 Å². The topological polar surface area (TPSA) is 50.9 Å². The number of nitrogen functional groups attached to an aromatic ring is 1. The third kappa shape index (κ3) is 3.09. The quantitative estimate of drug-likeness (QED) is 0.712. The Hall–Kier alpha value is -2.26. The van der Waals surface area contributed by atoms with Gasteiger partial charge in [0.15, 0.2) is 0 Å². The van der Waals surface area contributed by atoms with E-state index in [9.17, 15) is 0 Å². The van der Waals surface area contributed by atoms with Gasteiger partial charge in [-0.1, -0.05) is 23.7 Å². The Labute approximate surface area is 128 Å². The lowest BCUT2D eigenvalue weighted by molar-refractivity contribution is 1.02. The first-order valence-corrected chi connectivity index (χ1v) is 7.22. The summed E-state index contributed by atoms with van der Waals surface area (Å²) in [6.07, 6.45) is 4.54. The summed E-state index contributed by atoms with van der Waals surface area (Å²) in [6.45, 7) is 0.843. The zero-order valence-electron chi connectivity index (χ0n) is 11.5. The first-order valence-electron chi connectivity index (χ1n) is 6.84. The van der Waals surface area contributed by atoms with Crippen molar-refractivity contribution in [2.24, 2.45) is 0 Å². The van der Waals surface area contributed by atoms with Crippen molar-refractivity contribution in [1.29, 1.82) is 0 Å². The Morgan fingerprint density at radius 2 is 1.81 bits per heavy atom. The molecule has 0 saturated heterocycles. The van der Waals surface area contributed by atoms with Crippen molar-refractivity contribution in [2.75, 3.05) is 17.6 Å². The van der Waals surface area contributed by atoms with E-state index in [1.807, 2.05) is 48.7 Å². The van der Waals surface area contributed by atoms with Crippen LogP contribution < -0.4 is 11.1 Å². The van der Waals surface area contributed by atoms with Crippen LogP contribution in [0, 0.1) is 0 Å². The molecule has 1 heterocycles. The van der Waals surface area contributed by atoms with E-state index in [4.69, 9.17) is 17.3 Å². The molecule has 3 N–H and O–H groups in total. The minimum absolute atomic E-state index is 0.766. The van der Waals surface area contributed by atoms with Gasteiger partial charge in [0.25, 0.3) is 0 Å². The summed E-state index contributed by atoms with van der Waals surface area (Å²) >= 11 is 5.89. The van der Waals surface area contributed by atoms with Gasteiger partial charge in [0.1, 0.15) is 0 Å². The molecule has 1 aromatic heterocycles. The van der Waals surface area contributed by atoms with E-state index in [0.717, 1.165) is 40.1 Å². The maximum atomic E-state index is 5.99. The van der Waals surface area contributed by atoms with Gasteiger partial charge in [0.05, 0.1) is 0 Å². The third-order valence-electron chi connectivity index (χ3n) is 3.49. The lowest BCUT2D eigenvalue weighted by Crippen LogP contribution is -2.05. The van der Waals surface area contributed by atoms with Gasteiger partial charge in [-0.3, -0.25) is 4.98 Å². The number of benzene rings is 2. The van der Waals surface area contributed by atoms with Gasteiger partial charge in [0.2, 0.25) is 0 Å². The average molecular weight is 298 g/mol. The molecule has 4 heteroatoms. The highest BCUT2D eigenvalue weighted by molar-refractivity contribution is 6.30. The Morgan fingerprint density at radius 3 is 2.62 bits per heavy atom. The summed E-state index contributed by atoms with van der Waals surface area (Å²) in [5.41, 5.74) is 9.08. The maximum absolute atomic E-state index is 5.99. The minimum atomic E-state index is 0.766. The SMILES string of the molecule is Nc1ccc(NCCc2ccc(Cl)cc2)c2cnccc12. The zero-order chi connectivity index (χ0) is 14.7. The molecule has 0 saturated carbocycles. The van der Waals surface area contributed by atoms with Gasteiger partial charge >= 0.3 is 0 Å². The molecule has 0 fully saturated rings. The number of pyridine rings is 1. The second-order valence-electron chi connectivity index (χ2n) is 4.93. The molecule has 0 aliphatic heterocycles. The summed E-state index contributed by atoms with van der Waals surface area (Å²) in [4.78, 5) is 4.18. The Kier molecular flexibility index (Phi) is 3.93. The highest BCUT2D eigenvalue weighted by atomic mass is 35.5. The van der Waals surface area contributed by atoms with Gasteiger partial charge < -0.3 is 11.1 Å². The second-order valence-corrected chi connectivity index (χ2v) is 5.36. The van der Waals surface area contributed by atoms with Crippen molar-refractivity contribution in [3.05, 3.63) is 65.4 Å². The molecule has 0 spiro atoms. The monoisotopic (exact) mass is 297 g/mol. The number of anilines is 2. The third-order valence-corrected chi connectivity index (χ3v) is 3.75. The van der Waals surface area contributed by atoms with Crippen molar-refractivity contribution in [1.82, 2.24) is 4.98 Å². The minimum Gasteiger partial charge on any atom is -0.398 e. The Morgan fingerprint density at radius 1 is 1.00 bits per heavy atom. The van der Waals surface area contributed by atoms with Crippen molar-refractivity contribution < 1.29 is 0 Å². The van der Waals surface area contributed by atoms with Crippen LogP contribution in [0.2, 0.25) is 5.02 Å². The van der Waals surface area contributed by atoms with Gasteiger partial charge in [-0.25, -0.2) is 0 Å². The molecule has 0 aliphatic carbocycles. The van der Waals surface area contributed by atoms with E-state index >= 15 is 0 Å². The molecule has 0 atom stereocenters. The predicted molar refractivity (Wildman–Crippen MR) is 89.8 cm³/mol. The predicted octanol–water partition coefficient (Wildman–Crippen LogP) is 4.13. The highest BCUT2D eigenvalue weighted by Crippen LogP contribution is 2.27. The number of nitrogens with one attached hydrogen (secondary N) is 1. The van der Waals surface area contributed by atoms with Crippen LogP contribution in [0.1, 0.15) is 5.56 Å². The van der Waals surface area contributed by atoms with Crippen LogP contribution in [0.3, 0.4) is 0 Å². The maximum Gasteiger partial charge on any atom is 0.0437 e. The van der Waals surface area contributed by atoms with E-state index in [-0.39, 0.29) is 0 Å². The number of aromatic nitrogens is 1. The first-order chi connectivity index (χ1) is 10.2. The number of nitrogens with two attached hydrogens (primary N) is 1. The Bertz CT molecular complexity index is 754. The van der Waals surface area contributed by atoms with Crippen LogP contribution in [0.5, 0.6) is 0 Å². The Balaban J connectivity index is 1.74. The molecule has 0 aliphatic rings. The molecule has 3 nitrogen and oxygen atoms in total. The standard InChI is InChI=1S/C17H16ClN3/c18-13-3-1-12(2-4-13)7-10-21-17-6-5-16(19)14-8-9-20-11-15(14)17/h1-6,8-9,11,21H,7,10,19H2. The molecule has 0 bridgehead atoms. The largest absolute Gasteiger partial charge is 0.398 e. The molecular weight excluding hydrogens is 282 g/mol. The molecule has 106 valence electrons. The first kappa shape index (κ1) is 13.7. The van der Waals surface area contributed by atoms with Gasteiger partial charge in [0, 0.05) is 46.1 Å². The molecule has 3 rings (SSSR count). The van der Waals surface area contributed by atoms with Crippen molar-refractivity contribution >= 4 is 33.7 Å². The van der Waals surface area contributed by atoms with Crippen LogP contribution in [-0.2, 0) is 6.42 Å². The summed E-state index contributed by atoms with van der Waals surface area (Å²) in [5.74, 6) is 0. The van der Waals surface area contributed by atoms with Crippen molar-refractivity contribution in [2.45, 2.75) is 6.42 Å². The molecule has 2 aromatic carbocycles. The van der Waals surface area contributed by atoms with Crippen LogP contribution in [0.15, 0.2) is 54.9 Å². The number of halogens is 1. The van der Waals surface area contributed by atoms with Crippen LogP contribution in [-0.4, -0.2) is 11.5 Å². The van der Waals surface area contributed by atoms with E-state index in [1.54, 1.807) is 6.20 Å². The molecule has 0 radical (unpaired) electrons. The fraction of sp³-hybridized carbons (Fsp3) is 0.118. The summed E-state index contributed by atoms with van der Waals surface area (Å²) in [6, 6.07) is 13.8. The van der Waals surface area contributed by atoms with Gasteiger partial charge in [-0.05, 0) is 42.3 Å². The molecule has 3 aromatic rings. The van der Waals surface area contributed by atoms with Crippen LogP contribution in [0.4, 0.5) is 11.4 Å². The smallest absolute Gasteiger partial charge is 0.0437 e. The van der Waals surface area contributed by atoms with E-state index in [2.05, 4.69) is 10.3 Å². The van der Waals surface area contributed by atoms with E-state index in [1.165, 1.54) is 5.56 Å². The zero-order valence-corrected chi connectivity index (χ0v) is 12.3. The number of rotatable bonds is 4. The van der Waals surface area contributed by atoms with Crippen molar-refractivity contribution in [3.63, 3.8) is 0 Å². The lowest BCUT2D eigenvalue weighted by Gasteiger charge is -2.11. The number of fused-ring (bicyclic) bond motifs is 1. The number of hydrogen-bond donors (Lipinski definition) is 2. The second kappa shape index (κ2) is 6.02. The van der Waals surface area contributed by atoms with Gasteiger partial charge in [-0.2, -0.15) is 0 Å². The molecule has 0 unspecified atom stereocenters. The van der Waals surface area contributed by atoms with Crippen LogP contribution >= 0.6 is 11.6 Å². The highest BCUT2D eigenvalue weighted by Gasteiger charge is 2.03. The fourth-order valence-electron chi connectivity index (χ4n) is 2.36. The lowest BCUT2D eigenvalue weighted by atomic mass is 10.1. The fourth-order valence-corrected chi connectivity index (χ4v) is 2.49. The normalized spacial score (nSPS) is 10.7. The van der Waals surface area contributed by atoms with E-state index < -0.39 is 0 Å². The van der Waals surface area contributed by atoms with Gasteiger partial charge in [-0.15, -0.1) is 0 Å². The number of hydrogen-bond acceptors (Lipinski definition) is 3. The van der Waals surface area contributed by atoms with Crippen LogP contribution in [0.25, 0.3) is 10.8 Å². The van der Waals surface area contributed by atoms with E-state index in [0.29, 0.717) is 0 Å². The summed E-state index contributed by atoms with van der Waals surface area (Å²) in [5, 5.41) is 6.29. The summed E-state index contributed by atoms with van der Waals surface area (Å²) < 4.78 is 0. The molecular formula is C17H16ClN3. The summed E-state index contributed by atoms with van der Waals surface area (Å²) in [7, 11) is 0. The molecule has 0 amide bonds.